The lowest BCUT2D eigenvalue weighted by Crippen LogP contribution is -2.11. The Kier molecular flexibility index (Phi) is 2.95. The van der Waals surface area contributed by atoms with Crippen LogP contribution in [0.2, 0.25) is 0 Å². The van der Waals surface area contributed by atoms with E-state index in [4.69, 9.17) is 4.74 Å². The van der Waals surface area contributed by atoms with Crippen LogP contribution in [0.15, 0.2) is 29.3 Å². The van der Waals surface area contributed by atoms with Crippen LogP contribution in [0.1, 0.15) is 11.1 Å². The van der Waals surface area contributed by atoms with Gasteiger partial charge in [0.1, 0.15) is 5.75 Å². The first-order chi connectivity index (χ1) is 8.13. The maximum Gasteiger partial charge on any atom is 0.254 e. The molecule has 0 spiro atoms. The minimum Gasteiger partial charge on any atom is -0.497 e. The molecule has 2 rings (SSSR count). The number of hydrogen-bond donors (Lipinski definition) is 1. The van der Waals surface area contributed by atoms with E-state index in [0.717, 1.165) is 16.9 Å². The molecular weight excluding hydrogens is 216 g/mol. The van der Waals surface area contributed by atoms with Gasteiger partial charge in [0.25, 0.3) is 5.56 Å². The molecule has 1 N–H and O–H groups in total. The number of aromatic nitrogens is 2. The summed E-state index contributed by atoms with van der Waals surface area (Å²) in [5.74, 6) is 0.800. The van der Waals surface area contributed by atoms with Crippen LogP contribution in [-0.2, 0) is 0 Å². The highest BCUT2D eigenvalue weighted by atomic mass is 16.5. The number of H-pyrrole nitrogens is 1. The summed E-state index contributed by atoms with van der Waals surface area (Å²) in [4.78, 5) is 18.3. The molecule has 0 aliphatic heterocycles. The molecule has 0 aliphatic carbocycles. The van der Waals surface area contributed by atoms with Gasteiger partial charge in [-0.15, -0.1) is 0 Å². The molecule has 2 aromatic rings. The van der Waals surface area contributed by atoms with Gasteiger partial charge in [-0.2, -0.15) is 0 Å². The number of ether oxygens (including phenoxy) is 1. The highest BCUT2D eigenvalue weighted by Crippen LogP contribution is 2.25. The van der Waals surface area contributed by atoms with Crippen molar-refractivity contribution in [3.63, 3.8) is 0 Å². The van der Waals surface area contributed by atoms with Crippen molar-refractivity contribution in [3.05, 3.63) is 46.0 Å². The molecule has 1 aromatic carbocycles. The van der Waals surface area contributed by atoms with Crippen molar-refractivity contribution in [2.24, 2.45) is 0 Å². The Balaban J connectivity index is 2.61. The molecule has 17 heavy (non-hydrogen) atoms. The molecule has 0 amide bonds. The Hall–Kier alpha value is -2.10. The molecule has 0 saturated heterocycles. The normalized spacial score (nSPS) is 10.3. The average molecular weight is 230 g/mol. The number of aryl methyl sites for hydroxylation is 1. The van der Waals surface area contributed by atoms with E-state index in [1.165, 1.54) is 6.33 Å². The van der Waals surface area contributed by atoms with Crippen LogP contribution in [0.3, 0.4) is 0 Å². The van der Waals surface area contributed by atoms with Crippen molar-refractivity contribution in [2.45, 2.75) is 13.8 Å². The molecule has 0 bridgehead atoms. The van der Waals surface area contributed by atoms with Crippen molar-refractivity contribution in [2.75, 3.05) is 7.11 Å². The van der Waals surface area contributed by atoms with Gasteiger partial charge in [-0.1, -0.05) is 0 Å². The first kappa shape index (κ1) is 11.4. The van der Waals surface area contributed by atoms with Gasteiger partial charge >= 0.3 is 0 Å². The van der Waals surface area contributed by atoms with E-state index in [0.29, 0.717) is 11.3 Å². The third-order valence-electron chi connectivity index (χ3n) is 2.77. The lowest BCUT2D eigenvalue weighted by molar-refractivity contribution is 0.414. The number of rotatable bonds is 2. The summed E-state index contributed by atoms with van der Waals surface area (Å²) < 4.78 is 5.15. The largest absolute Gasteiger partial charge is 0.497 e. The second-order valence-electron chi connectivity index (χ2n) is 3.89. The smallest absolute Gasteiger partial charge is 0.254 e. The lowest BCUT2D eigenvalue weighted by atomic mass is 10.0. The fourth-order valence-electron chi connectivity index (χ4n) is 1.77. The Labute approximate surface area is 99.3 Å². The molecule has 88 valence electrons. The summed E-state index contributed by atoms with van der Waals surface area (Å²) in [6.07, 6.45) is 1.42. The number of methoxy groups -OCH3 is 1. The Bertz CT molecular complexity index is 603. The summed E-state index contributed by atoms with van der Waals surface area (Å²) in [7, 11) is 1.63. The van der Waals surface area contributed by atoms with Gasteiger partial charge in [-0.3, -0.25) is 4.79 Å². The van der Waals surface area contributed by atoms with E-state index in [-0.39, 0.29) is 5.56 Å². The van der Waals surface area contributed by atoms with Gasteiger partial charge in [0, 0.05) is 11.1 Å². The minimum absolute atomic E-state index is 0.106. The molecule has 4 nitrogen and oxygen atoms in total. The summed E-state index contributed by atoms with van der Waals surface area (Å²) >= 11 is 0. The van der Waals surface area contributed by atoms with Crippen LogP contribution >= 0.6 is 0 Å². The molecule has 1 aromatic heterocycles. The van der Waals surface area contributed by atoms with Gasteiger partial charge in [0.05, 0.1) is 19.1 Å². The fraction of sp³-hybridized carbons (Fsp3) is 0.231. The summed E-state index contributed by atoms with van der Waals surface area (Å²) in [5, 5.41) is 0. The summed E-state index contributed by atoms with van der Waals surface area (Å²) in [6.45, 7) is 3.74. The zero-order valence-electron chi connectivity index (χ0n) is 10.1. The third kappa shape index (κ3) is 2.06. The van der Waals surface area contributed by atoms with E-state index < -0.39 is 0 Å². The molecule has 0 aliphatic rings. The number of nitrogens with zero attached hydrogens (tertiary/aromatic N) is 1. The number of nitrogens with one attached hydrogen (secondary N) is 1. The predicted molar refractivity (Wildman–Crippen MR) is 66.3 cm³/mol. The van der Waals surface area contributed by atoms with E-state index >= 15 is 0 Å². The minimum atomic E-state index is -0.106. The van der Waals surface area contributed by atoms with Crippen LogP contribution in [0.4, 0.5) is 0 Å². The van der Waals surface area contributed by atoms with Gasteiger partial charge in [0.15, 0.2) is 0 Å². The Morgan fingerprint density at radius 1 is 1.29 bits per heavy atom. The highest BCUT2D eigenvalue weighted by molar-refractivity contribution is 5.67. The first-order valence-electron chi connectivity index (χ1n) is 5.33. The molecule has 0 radical (unpaired) electrons. The van der Waals surface area contributed by atoms with E-state index in [2.05, 4.69) is 9.97 Å². The molecular formula is C13H14N2O2. The molecule has 0 saturated carbocycles. The maximum atomic E-state index is 11.5. The van der Waals surface area contributed by atoms with Gasteiger partial charge < -0.3 is 9.72 Å². The van der Waals surface area contributed by atoms with Crippen LogP contribution in [-0.4, -0.2) is 17.1 Å². The molecule has 4 heteroatoms. The molecule has 1 heterocycles. The second kappa shape index (κ2) is 4.41. The number of benzene rings is 1. The highest BCUT2D eigenvalue weighted by Gasteiger charge is 2.09. The van der Waals surface area contributed by atoms with Crippen molar-refractivity contribution < 1.29 is 4.74 Å². The molecule has 0 atom stereocenters. The molecule has 0 fully saturated rings. The Morgan fingerprint density at radius 2 is 2.06 bits per heavy atom. The fourth-order valence-corrected chi connectivity index (χ4v) is 1.77. The maximum absolute atomic E-state index is 11.5. The number of aromatic amines is 1. The van der Waals surface area contributed by atoms with E-state index in [9.17, 15) is 4.79 Å². The third-order valence-corrected chi connectivity index (χ3v) is 2.77. The monoisotopic (exact) mass is 230 g/mol. The standard InChI is InChI=1S/C13H14N2O2/c1-8-6-10(17-3)4-5-11(8)12-9(2)13(16)15-7-14-12/h4-7H,1-3H3,(H,14,15,16). The summed E-state index contributed by atoms with van der Waals surface area (Å²) in [6, 6.07) is 5.71. The SMILES string of the molecule is COc1ccc(-c2nc[nH]c(=O)c2C)c(C)c1. The first-order valence-corrected chi connectivity index (χ1v) is 5.33. The van der Waals surface area contributed by atoms with E-state index in [1.54, 1.807) is 14.0 Å². The zero-order chi connectivity index (χ0) is 12.4. The van der Waals surface area contributed by atoms with Crippen LogP contribution in [0.25, 0.3) is 11.3 Å². The van der Waals surface area contributed by atoms with Gasteiger partial charge in [0.2, 0.25) is 0 Å². The van der Waals surface area contributed by atoms with Crippen LogP contribution in [0.5, 0.6) is 5.75 Å². The number of hydrogen-bond acceptors (Lipinski definition) is 3. The second-order valence-corrected chi connectivity index (χ2v) is 3.89. The van der Waals surface area contributed by atoms with E-state index in [1.807, 2.05) is 25.1 Å². The molecule has 0 unspecified atom stereocenters. The van der Waals surface area contributed by atoms with Gasteiger partial charge in [-0.25, -0.2) is 4.98 Å². The average Bonchev–Trinajstić information content (AvgIpc) is 2.33. The zero-order valence-corrected chi connectivity index (χ0v) is 10.1. The van der Waals surface area contributed by atoms with Crippen molar-refractivity contribution in [1.29, 1.82) is 0 Å². The van der Waals surface area contributed by atoms with Crippen LogP contribution < -0.4 is 10.3 Å². The Morgan fingerprint density at radius 3 is 2.71 bits per heavy atom. The van der Waals surface area contributed by atoms with Crippen molar-refractivity contribution in [1.82, 2.24) is 9.97 Å². The summed E-state index contributed by atoms with van der Waals surface area (Å²) in [5.41, 5.74) is 3.22. The predicted octanol–water partition coefficient (Wildman–Crippen LogP) is 2.06. The van der Waals surface area contributed by atoms with Crippen molar-refractivity contribution in [3.8, 4) is 17.0 Å². The topological polar surface area (TPSA) is 55.0 Å². The quantitative estimate of drug-likeness (QED) is 0.859. The lowest BCUT2D eigenvalue weighted by Gasteiger charge is -2.09. The van der Waals surface area contributed by atoms with Crippen molar-refractivity contribution >= 4 is 0 Å². The van der Waals surface area contributed by atoms with Gasteiger partial charge in [-0.05, 0) is 37.6 Å². The van der Waals surface area contributed by atoms with Crippen LogP contribution in [0, 0.1) is 13.8 Å².